The summed E-state index contributed by atoms with van der Waals surface area (Å²) in [4.78, 5) is 2.39. The number of hydrogen-bond acceptors (Lipinski definition) is 1. The molecule has 0 bridgehead atoms. The van der Waals surface area contributed by atoms with Gasteiger partial charge in [-0.3, -0.25) is 4.90 Å². The number of halogens is 1. The van der Waals surface area contributed by atoms with E-state index >= 15 is 0 Å². The molecule has 3 aliphatic rings. The summed E-state index contributed by atoms with van der Waals surface area (Å²) < 4.78 is 13.1. The van der Waals surface area contributed by atoms with Crippen molar-refractivity contribution in [2.24, 2.45) is 5.41 Å². The number of alkyl halides is 1. The van der Waals surface area contributed by atoms with Gasteiger partial charge in [-0.25, -0.2) is 4.39 Å². The van der Waals surface area contributed by atoms with Gasteiger partial charge in [0.15, 0.2) is 0 Å². The first-order chi connectivity index (χ1) is 5.62. The smallest absolute Gasteiger partial charge is 0.115 e. The topological polar surface area (TPSA) is 3.24 Å². The van der Waals surface area contributed by atoms with Crippen molar-refractivity contribution >= 4 is 0 Å². The summed E-state index contributed by atoms with van der Waals surface area (Å²) in [5, 5.41) is 0. The van der Waals surface area contributed by atoms with Crippen LogP contribution >= 0.6 is 0 Å². The molecule has 0 aromatic rings. The van der Waals surface area contributed by atoms with Crippen LogP contribution in [0.2, 0.25) is 0 Å². The average molecular weight is 169 g/mol. The third-order valence-electron chi connectivity index (χ3n) is 4.08. The van der Waals surface area contributed by atoms with Crippen molar-refractivity contribution in [2.75, 3.05) is 13.1 Å². The van der Waals surface area contributed by atoms with Crippen LogP contribution in [0.25, 0.3) is 0 Å². The minimum absolute atomic E-state index is 0.232. The summed E-state index contributed by atoms with van der Waals surface area (Å²) in [6, 6.07) is 0. The molecule has 2 aliphatic heterocycles. The monoisotopic (exact) mass is 169 g/mol. The molecule has 3 rings (SSSR count). The number of hydrogen-bond donors (Lipinski definition) is 0. The third kappa shape index (κ3) is 0.819. The lowest BCUT2D eigenvalue weighted by molar-refractivity contribution is 0.216. The van der Waals surface area contributed by atoms with Gasteiger partial charge in [0.2, 0.25) is 0 Å². The van der Waals surface area contributed by atoms with Gasteiger partial charge in [-0.05, 0) is 38.0 Å². The van der Waals surface area contributed by atoms with E-state index in [-0.39, 0.29) is 5.54 Å². The molecule has 0 aromatic carbocycles. The highest BCUT2D eigenvalue weighted by Gasteiger charge is 2.59. The Balaban J connectivity index is 1.86. The molecule has 2 heteroatoms. The molecule has 2 heterocycles. The molecule has 1 nitrogen and oxygen atoms in total. The molecule has 0 radical (unpaired) electrons. The zero-order valence-electron chi connectivity index (χ0n) is 7.65. The zero-order chi connectivity index (χ0) is 8.40. The molecule has 1 unspecified atom stereocenters. The van der Waals surface area contributed by atoms with Crippen LogP contribution in [0.5, 0.6) is 0 Å². The van der Waals surface area contributed by atoms with Crippen molar-refractivity contribution in [1.82, 2.24) is 4.90 Å². The molecule has 1 saturated carbocycles. The SMILES string of the molecule is CC12C[C@@H](F)CN1CC1(CC1)C2. The molecule has 3 fully saturated rings. The van der Waals surface area contributed by atoms with Gasteiger partial charge < -0.3 is 0 Å². The van der Waals surface area contributed by atoms with Crippen LogP contribution in [0.4, 0.5) is 4.39 Å². The first-order valence-electron chi connectivity index (χ1n) is 5.01. The van der Waals surface area contributed by atoms with E-state index in [2.05, 4.69) is 11.8 Å². The summed E-state index contributed by atoms with van der Waals surface area (Å²) >= 11 is 0. The maximum atomic E-state index is 13.1. The second-order valence-electron chi connectivity index (χ2n) is 5.36. The zero-order valence-corrected chi connectivity index (χ0v) is 7.65. The fourth-order valence-electron chi connectivity index (χ4n) is 3.35. The lowest BCUT2D eigenvalue weighted by atomic mass is 9.90. The van der Waals surface area contributed by atoms with E-state index in [1.54, 1.807) is 0 Å². The van der Waals surface area contributed by atoms with Gasteiger partial charge in [-0.15, -0.1) is 0 Å². The minimum Gasteiger partial charge on any atom is -0.294 e. The Hall–Kier alpha value is -0.110. The molecule has 12 heavy (non-hydrogen) atoms. The van der Waals surface area contributed by atoms with Crippen molar-refractivity contribution < 1.29 is 4.39 Å². The summed E-state index contributed by atoms with van der Waals surface area (Å²) in [6.45, 7) is 4.14. The molecule has 0 amide bonds. The quantitative estimate of drug-likeness (QED) is 0.536. The molecule has 1 aliphatic carbocycles. The molecule has 2 saturated heterocycles. The highest BCUT2D eigenvalue weighted by atomic mass is 19.1. The van der Waals surface area contributed by atoms with Crippen LogP contribution in [-0.2, 0) is 0 Å². The molecule has 68 valence electrons. The molecule has 0 N–H and O–H groups in total. The fraction of sp³-hybridized carbons (Fsp3) is 1.00. The number of nitrogens with zero attached hydrogens (tertiary/aromatic N) is 1. The van der Waals surface area contributed by atoms with Gasteiger partial charge in [0, 0.05) is 18.6 Å². The molecular weight excluding hydrogens is 153 g/mol. The van der Waals surface area contributed by atoms with E-state index in [9.17, 15) is 4.39 Å². The Morgan fingerprint density at radius 1 is 1.42 bits per heavy atom. The second kappa shape index (κ2) is 1.87. The predicted molar refractivity (Wildman–Crippen MR) is 45.8 cm³/mol. The van der Waals surface area contributed by atoms with E-state index < -0.39 is 6.17 Å². The third-order valence-corrected chi connectivity index (χ3v) is 4.08. The summed E-state index contributed by atoms with van der Waals surface area (Å²) in [5.41, 5.74) is 0.880. The number of rotatable bonds is 0. The van der Waals surface area contributed by atoms with Crippen molar-refractivity contribution in [1.29, 1.82) is 0 Å². The van der Waals surface area contributed by atoms with Gasteiger partial charge in [0.05, 0.1) is 0 Å². The Bertz CT molecular complexity index is 224. The van der Waals surface area contributed by atoms with E-state index in [0.717, 1.165) is 6.42 Å². The Labute approximate surface area is 72.9 Å². The maximum absolute atomic E-state index is 13.1. The molecule has 1 spiro atoms. The molecule has 0 aromatic heterocycles. The maximum Gasteiger partial charge on any atom is 0.115 e. The van der Waals surface area contributed by atoms with E-state index in [1.165, 1.54) is 25.8 Å². The fourth-order valence-corrected chi connectivity index (χ4v) is 3.35. The summed E-state index contributed by atoms with van der Waals surface area (Å²) in [7, 11) is 0. The Morgan fingerprint density at radius 2 is 2.17 bits per heavy atom. The summed E-state index contributed by atoms with van der Waals surface area (Å²) in [5.74, 6) is 0. The van der Waals surface area contributed by atoms with Crippen LogP contribution in [0.3, 0.4) is 0 Å². The van der Waals surface area contributed by atoms with Crippen LogP contribution < -0.4 is 0 Å². The van der Waals surface area contributed by atoms with Crippen molar-refractivity contribution in [3.05, 3.63) is 0 Å². The average Bonchev–Trinajstić information content (AvgIpc) is 2.52. The molecular formula is C10H16FN. The lowest BCUT2D eigenvalue weighted by Crippen LogP contribution is -2.34. The van der Waals surface area contributed by atoms with Gasteiger partial charge in [-0.1, -0.05) is 0 Å². The normalized spacial score (nSPS) is 50.0. The highest BCUT2D eigenvalue weighted by molar-refractivity contribution is 5.13. The van der Waals surface area contributed by atoms with E-state index in [1.807, 2.05) is 0 Å². The van der Waals surface area contributed by atoms with Gasteiger partial charge in [0.1, 0.15) is 6.17 Å². The first kappa shape index (κ1) is 7.31. The first-order valence-corrected chi connectivity index (χ1v) is 5.01. The van der Waals surface area contributed by atoms with Crippen molar-refractivity contribution in [3.8, 4) is 0 Å². The van der Waals surface area contributed by atoms with Gasteiger partial charge >= 0.3 is 0 Å². The Morgan fingerprint density at radius 3 is 2.75 bits per heavy atom. The standard InChI is InChI=1S/C10H16FN/c1-9-4-8(11)5-12(9)7-10(6-9)2-3-10/h8H,2-7H2,1H3/t8-,9?/m1/s1. The van der Waals surface area contributed by atoms with Crippen LogP contribution in [-0.4, -0.2) is 29.7 Å². The summed E-state index contributed by atoms with van der Waals surface area (Å²) in [6.07, 6.45) is 4.30. The molecule has 2 atom stereocenters. The van der Waals surface area contributed by atoms with Crippen molar-refractivity contribution in [2.45, 2.75) is 44.3 Å². The lowest BCUT2D eigenvalue weighted by Gasteiger charge is -2.25. The van der Waals surface area contributed by atoms with Gasteiger partial charge in [-0.2, -0.15) is 0 Å². The number of fused-ring (bicyclic) bond motifs is 1. The van der Waals surface area contributed by atoms with Crippen LogP contribution in [0.1, 0.15) is 32.6 Å². The van der Waals surface area contributed by atoms with Crippen LogP contribution in [0.15, 0.2) is 0 Å². The van der Waals surface area contributed by atoms with Crippen molar-refractivity contribution in [3.63, 3.8) is 0 Å². The van der Waals surface area contributed by atoms with E-state index in [0.29, 0.717) is 12.0 Å². The van der Waals surface area contributed by atoms with E-state index in [4.69, 9.17) is 0 Å². The second-order valence-corrected chi connectivity index (χ2v) is 5.36. The van der Waals surface area contributed by atoms with Gasteiger partial charge in [0.25, 0.3) is 0 Å². The minimum atomic E-state index is -0.550. The predicted octanol–water partition coefficient (Wildman–Crippen LogP) is 1.97. The Kier molecular flexibility index (Phi) is 1.14. The highest BCUT2D eigenvalue weighted by Crippen LogP contribution is 2.60. The largest absolute Gasteiger partial charge is 0.294 e. The van der Waals surface area contributed by atoms with Crippen LogP contribution in [0, 0.1) is 5.41 Å².